The Morgan fingerprint density at radius 1 is 1.11 bits per heavy atom. The predicted octanol–water partition coefficient (Wildman–Crippen LogP) is 1.48. The number of aryl methyl sites for hydroxylation is 1. The maximum Gasteiger partial charge on any atom is 0.253 e. The lowest BCUT2D eigenvalue weighted by Crippen LogP contribution is -2.48. The number of hydrogen-bond donors (Lipinski definition) is 0. The standard InChI is InChI=1S/C19H24N4O4S/c1-15-13-18(27-20-15)14-21-8-10-22(11-9-21)19(24)16-3-5-17(6-4-16)23-7-2-12-28(23,25)26/h3-6,13H,2,7-12,14H2,1H3. The van der Waals surface area contributed by atoms with E-state index in [2.05, 4.69) is 10.1 Å². The fourth-order valence-electron chi connectivity index (χ4n) is 3.70. The number of carbonyl (C=O) groups excluding carboxylic acids is 1. The third-order valence-corrected chi connectivity index (χ3v) is 7.09. The zero-order chi connectivity index (χ0) is 19.7. The van der Waals surface area contributed by atoms with Crippen LogP contribution in [-0.4, -0.2) is 67.8 Å². The molecule has 0 aliphatic carbocycles. The minimum absolute atomic E-state index is 0.0222. The first-order valence-electron chi connectivity index (χ1n) is 9.47. The van der Waals surface area contributed by atoms with E-state index in [4.69, 9.17) is 4.52 Å². The molecule has 2 saturated heterocycles. The Kier molecular flexibility index (Phi) is 5.11. The molecule has 1 amide bonds. The van der Waals surface area contributed by atoms with E-state index in [1.54, 1.807) is 24.3 Å². The van der Waals surface area contributed by atoms with Crippen molar-refractivity contribution >= 4 is 21.6 Å². The van der Waals surface area contributed by atoms with Gasteiger partial charge in [0.25, 0.3) is 5.91 Å². The number of aromatic nitrogens is 1. The van der Waals surface area contributed by atoms with Gasteiger partial charge >= 0.3 is 0 Å². The number of rotatable bonds is 4. The monoisotopic (exact) mass is 404 g/mol. The van der Waals surface area contributed by atoms with Gasteiger partial charge in [0, 0.05) is 44.4 Å². The molecule has 0 saturated carbocycles. The summed E-state index contributed by atoms with van der Waals surface area (Å²) in [4.78, 5) is 16.9. The van der Waals surface area contributed by atoms with Crippen LogP contribution in [0.3, 0.4) is 0 Å². The first-order chi connectivity index (χ1) is 13.4. The predicted molar refractivity (Wildman–Crippen MR) is 105 cm³/mol. The van der Waals surface area contributed by atoms with Gasteiger partial charge in [-0.25, -0.2) is 8.42 Å². The van der Waals surface area contributed by atoms with Gasteiger partial charge in [-0.05, 0) is 37.6 Å². The van der Waals surface area contributed by atoms with Gasteiger partial charge in [0.1, 0.15) is 0 Å². The number of anilines is 1. The Balaban J connectivity index is 1.35. The maximum absolute atomic E-state index is 12.8. The van der Waals surface area contributed by atoms with Crippen LogP contribution in [0.4, 0.5) is 5.69 Å². The van der Waals surface area contributed by atoms with Gasteiger partial charge in [-0.1, -0.05) is 5.16 Å². The highest BCUT2D eigenvalue weighted by Crippen LogP contribution is 2.24. The molecule has 0 N–H and O–H groups in total. The number of piperazine rings is 1. The van der Waals surface area contributed by atoms with Crippen molar-refractivity contribution in [3.05, 3.63) is 47.3 Å². The molecule has 2 fully saturated rings. The molecule has 4 rings (SSSR count). The molecule has 1 aromatic carbocycles. The topological polar surface area (TPSA) is 87.0 Å². The Hall–Kier alpha value is -2.39. The molecule has 0 bridgehead atoms. The highest BCUT2D eigenvalue weighted by Gasteiger charge is 2.29. The molecule has 3 heterocycles. The van der Waals surface area contributed by atoms with Crippen molar-refractivity contribution in [3.63, 3.8) is 0 Å². The number of benzene rings is 1. The molecule has 0 spiro atoms. The van der Waals surface area contributed by atoms with Gasteiger partial charge in [0.2, 0.25) is 10.0 Å². The molecule has 9 heteroatoms. The van der Waals surface area contributed by atoms with Gasteiger partial charge in [0.05, 0.1) is 23.7 Å². The first kappa shape index (κ1) is 18.9. The van der Waals surface area contributed by atoms with E-state index in [1.807, 2.05) is 17.9 Å². The fourth-order valence-corrected chi connectivity index (χ4v) is 5.27. The first-order valence-corrected chi connectivity index (χ1v) is 11.1. The lowest BCUT2D eigenvalue weighted by Gasteiger charge is -2.34. The van der Waals surface area contributed by atoms with Crippen LogP contribution in [0.2, 0.25) is 0 Å². The van der Waals surface area contributed by atoms with Gasteiger partial charge in [-0.3, -0.25) is 14.0 Å². The molecule has 8 nitrogen and oxygen atoms in total. The van der Waals surface area contributed by atoms with Crippen LogP contribution in [0.1, 0.15) is 28.2 Å². The third-order valence-electron chi connectivity index (χ3n) is 5.22. The Morgan fingerprint density at radius 3 is 2.39 bits per heavy atom. The van der Waals surface area contributed by atoms with Crippen LogP contribution in [0.25, 0.3) is 0 Å². The molecule has 2 aromatic rings. The van der Waals surface area contributed by atoms with Crippen LogP contribution in [0.5, 0.6) is 0 Å². The van der Waals surface area contributed by atoms with Crippen molar-refractivity contribution in [1.82, 2.24) is 15.0 Å². The molecule has 0 atom stereocenters. The van der Waals surface area contributed by atoms with Crippen molar-refractivity contribution in [2.45, 2.75) is 19.9 Å². The second-order valence-corrected chi connectivity index (χ2v) is 9.30. The minimum Gasteiger partial charge on any atom is -0.360 e. The third kappa shape index (κ3) is 3.90. The number of hydrogen-bond acceptors (Lipinski definition) is 6. The van der Waals surface area contributed by atoms with E-state index < -0.39 is 10.0 Å². The second-order valence-electron chi connectivity index (χ2n) is 7.29. The number of sulfonamides is 1. The molecule has 1 aromatic heterocycles. The summed E-state index contributed by atoms with van der Waals surface area (Å²) < 4.78 is 30.7. The van der Waals surface area contributed by atoms with Crippen molar-refractivity contribution in [2.75, 3.05) is 42.8 Å². The average molecular weight is 404 g/mol. The molecule has 28 heavy (non-hydrogen) atoms. The highest BCUT2D eigenvalue weighted by atomic mass is 32.2. The largest absolute Gasteiger partial charge is 0.360 e. The van der Waals surface area contributed by atoms with E-state index in [9.17, 15) is 13.2 Å². The summed E-state index contributed by atoms with van der Waals surface area (Å²) in [6, 6.07) is 8.81. The summed E-state index contributed by atoms with van der Waals surface area (Å²) in [7, 11) is -3.20. The van der Waals surface area contributed by atoms with Crippen LogP contribution in [0, 0.1) is 6.92 Å². The molecule has 2 aliphatic rings. The summed E-state index contributed by atoms with van der Waals surface area (Å²) in [5.74, 6) is 1.00. The van der Waals surface area contributed by atoms with Crippen molar-refractivity contribution in [3.8, 4) is 0 Å². The van der Waals surface area contributed by atoms with E-state index in [0.717, 1.165) is 24.5 Å². The smallest absolute Gasteiger partial charge is 0.253 e. The zero-order valence-electron chi connectivity index (χ0n) is 15.9. The molecular weight excluding hydrogens is 380 g/mol. The van der Waals surface area contributed by atoms with Gasteiger partial charge in [-0.15, -0.1) is 0 Å². The van der Waals surface area contributed by atoms with E-state index in [-0.39, 0.29) is 11.7 Å². The Morgan fingerprint density at radius 2 is 1.82 bits per heavy atom. The minimum atomic E-state index is -3.20. The average Bonchev–Trinajstić information content (AvgIpc) is 3.26. The lowest BCUT2D eigenvalue weighted by molar-refractivity contribution is 0.0617. The van der Waals surface area contributed by atoms with Gasteiger partial charge < -0.3 is 9.42 Å². The van der Waals surface area contributed by atoms with Crippen molar-refractivity contribution in [2.24, 2.45) is 0 Å². The second kappa shape index (κ2) is 7.56. The fraction of sp³-hybridized carbons (Fsp3) is 0.474. The molecule has 2 aliphatic heterocycles. The van der Waals surface area contributed by atoms with Gasteiger partial charge in [-0.2, -0.15) is 0 Å². The van der Waals surface area contributed by atoms with E-state index in [1.165, 1.54) is 4.31 Å². The van der Waals surface area contributed by atoms with Crippen molar-refractivity contribution < 1.29 is 17.7 Å². The summed E-state index contributed by atoms with van der Waals surface area (Å²) in [6.45, 7) is 5.94. The number of amides is 1. The van der Waals surface area contributed by atoms with Crippen LogP contribution >= 0.6 is 0 Å². The quantitative estimate of drug-likeness (QED) is 0.767. The normalized spacial score (nSPS) is 19.9. The van der Waals surface area contributed by atoms with Crippen LogP contribution in [0.15, 0.2) is 34.9 Å². The zero-order valence-corrected chi connectivity index (χ0v) is 16.7. The summed E-state index contributed by atoms with van der Waals surface area (Å²) in [5, 5.41) is 3.90. The highest BCUT2D eigenvalue weighted by molar-refractivity contribution is 7.93. The summed E-state index contributed by atoms with van der Waals surface area (Å²) in [6.07, 6.45) is 0.640. The number of nitrogens with zero attached hydrogens (tertiary/aromatic N) is 4. The molecule has 0 unspecified atom stereocenters. The number of carbonyl (C=O) groups is 1. The summed E-state index contributed by atoms with van der Waals surface area (Å²) >= 11 is 0. The van der Waals surface area contributed by atoms with E-state index >= 15 is 0 Å². The Bertz CT molecular complexity index is 947. The molecular formula is C19H24N4O4S. The summed E-state index contributed by atoms with van der Waals surface area (Å²) in [5.41, 5.74) is 2.08. The van der Waals surface area contributed by atoms with Crippen LogP contribution < -0.4 is 4.31 Å². The Labute approximate surface area is 164 Å². The van der Waals surface area contributed by atoms with Crippen LogP contribution in [-0.2, 0) is 16.6 Å². The van der Waals surface area contributed by atoms with E-state index in [0.29, 0.717) is 43.9 Å². The maximum atomic E-state index is 12.8. The molecule has 0 radical (unpaired) electrons. The SMILES string of the molecule is Cc1cc(CN2CCN(C(=O)c3ccc(N4CCCS4(=O)=O)cc3)CC2)on1. The van der Waals surface area contributed by atoms with Crippen molar-refractivity contribution in [1.29, 1.82) is 0 Å². The van der Waals surface area contributed by atoms with Gasteiger partial charge in [0.15, 0.2) is 5.76 Å². The lowest BCUT2D eigenvalue weighted by atomic mass is 10.1. The molecule has 150 valence electrons.